The Morgan fingerprint density at radius 1 is 0.963 bits per heavy atom. The van der Waals surface area contributed by atoms with Crippen molar-refractivity contribution in [3.63, 3.8) is 0 Å². The van der Waals surface area contributed by atoms with Gasteiger partial charge in [0.25, 0.3) is 0 Å². The Kier molecular flexibility index (Phi) is 7.24. The van der Waals surface area contributed by atoms with Gasteiger partial charge >= 0.3 is 0 Å². The third kappa shape index (κ3) is 6.04. The van der Waals surface area contributed by atoms with Crippen LogP contribution in [-0.2, 0) is 16.1 Å². The molecule has 0 spiro atoms. The molecule has 0 saturated carbocycles. The molecule has 1 atom stereocenters. The number of piperidine rings is 1. The molecular weight excluding hydrogens is 340 g/mol. The molecule has 6 nitrogen and oxygen atoms in total. The van der Waals surface area contributed by atoms with Crippen LogP contribution in [0.4, 0.5) is 0 Å². The maximum Gasteiger partial charge on any atom is 0.236 e. The average Bonchev–Trinajstić information content (AvgIpc) is 2.69. The van der Waals surface area contributed by atoms with E-state index in [1.807, 2.05) is 35.2 Å². The third-order valence-electron chi connectivity index (χ3n) is 5.65. The highest BCUT2D eigenvalue weighted by molar-refractivity contribution is 5.79. The van der Waals surface area contributed by atoms with Gasteiger partial charge < -0.3 is 10.2 Å². The van der Waals surface area contributed by atoms with Gasteiger partial charge in [0.05, 0.1) is 13.1 Å². The van der Waals surface area contributed by atoms with Gasteiger partial charge in [-0.15, -0.1) is 0 Å². The largest absolute Gasteiger partial charge is 0.351 e. The minimum Gasteiger partial charge on any atom is -0.351 e. The molecule has 1 aromatic rings. The van der Waals surface area contributed by atoms with Gasteiger partial charge in [-0.05, 0) is 31.7 Å². The second kappa shape index (κ2) is 9.85. The standard InChI is InChI=1S/C21H32N4O2/c1-18-7-5-6-10-25(18)21(27)17-24-13-11-23(12-14-24)16-20(26)22-15-19-8-3-2-4-9-19/h2-4,8-9,18H,5-7,10-17H2,1H3,(H,22,26)/t18-/m0/s1. The zero-order chi connectivity index (χ0) is 19.1. The molecule has 0 aromatic heterocycles. The molecule has 1 aromatic carbocycles. The summed E-state index contributed by atoms with van der Waals surface area (Å²) in [6.07, 6.45) is 3.48. The van der Waals surface area contributed by atoms with Crippen LogP contribution in [0.2, 0.25) is 0 Å². The second-order valence-corrected chi connectivity index (χ2v) is 7.75. The molecule has 148 valence electrons. The lowest BCUT2D eigenvalue weighted by Crippen LogP contribution is -2.53. The van der Waals surface area contributed by atoms with E-state index in [4.69, 9.17) is 0 Å². The van der Waals surface area contributed by atoms with Crippen molar-refractivity contribution < 1.29 is 9.59 Å². The summed E-state index contributed by atoms with van der Waals surface area (Å²) in [5.74, 6) is 0.321. The van der Waals surface area contributed by atoms with Crippen molar-refractivity contribution in [1.82, 2.24) is 20.0 Å². The quantitative estimate of drug-likeness (QED) is 0.818. The van der Waals surface area contributed by atoms with E-state index in [0.717, 1.165) is 51.1 Å². The number of likely N-dealkylation sites (tertiary alicyclic amines) is 1. The van der Waals surface area contributed by atoms with E-state index in [1.165, 1.54) is 6.42 Å². The first-order valence-corrected chi connectivity index (χ1v) is 10.2. The lowest BCUT2D eigenvalue weighted by Gasteiger charge is -2.37. The van der Waals surface area contributed by atoms with Crippen molar-refractivity contribution in [3.05, 3.63) is 35.9 Å². The zero-order valence-electron chi connectivity index (χ0n) is 16.4. The van der Waals surface area contributed by atoms with Gasteiger partial charge in [-0.25, -0.2) is 0 Å². The number of nitrogens with zero attached hydrogens (tertiary/aromatic N) is 3. The Balaban J connectivity index is 1.34. The average molecular weight is 373 g/mol. The first kappa shape index (κ1) is 19.8. The summed E-state index contributed by atoms with van der Waals surface area (Å²) in [4.78, 5) is 31.2. The minimum atomic E-state index is 0.0607. The molecule has 2 aliphatic rings. The summed E-state index contributed by atoms with van der Waals surface area (Å²) in [5, 5.41) is 2.98. The predicted octanol–water partition coefficient (Wildman–Crippen LogP) is 1.32. The van der Waals surface area contributed by atoms with Gasteiger partial charge in [-0.1, -0.05) is 30.3 Å². The fraction of sp³-hybridized carbons (Fsp3) is 0.619. The fourth-order valence-corrected chi connectivity index (χ4v) is 3.91. The van der Waals surface area contributed by atoms with Crippen LogP contribution >= 0.6 is 0 Å². The zero-order valence-corrected chi connectivity index (χ0v) is 16.4. The summed E-state index contributed by atoms with van der Waals surface area (Å²) in [7, 11) is 0. The van der Waals surface area contributed by atoms with Gasteiger partial charge in [0.15, 0.2) is 0 Å². The summed E-state index contributed by atoms with van der Waals surface area (Å²) >= 11 is 0. The number of carbonyl (C=O) groups excluding carboxylic acids is 2. The number of piperazine rings is 1. The van der Waals surface area contributed by atoms with Gasteiger partial charge in [0.1, 0.15) is 0 Å². The molecule has 0 unspecified atom stereocenters. The molecule has 2 saturated heterocycles. The molecular formula is C21H32N4O2. The van der Waals surface area contributed by atoms with Crippen LogP contribution in [0.15, 0.2) is 30.3 Å². The molecule has 0 bridgehead atoms. The van der Waals surface area contributed by atoms with E-state index in [1.54, 1.807) is 0 Å². The first-order valence-electron chi connectivity index (χ1n) is 10.2. The van der Waals surface area contributed by atoms with Crippen LogP contribution < -0.4 is 5.32 Å². The summed E-state index contributed by atoms with van der Waals surface area (Å²) in [6, 6.07) is 10.3. The lowest BCUT2D eigenvalue weighted by molar-refractivity contribution is -0.136. The molecule has 2 amide bonds. The molecule has 2 aliphatic heterocycles. The number of rotatable bonds is 6. The molecule has 27 heavy (non-hydrogen) atoms. The summed E-state index contributed by atoms with van der Waals surface area (Å²) in [6.45, 7) is 7.94. The minimum absolute atomic E-state index is 0.0607. The molecule has 2 fully saturated rings. The second-order valence-electron chi connectivity index (χ2n) is 7.75. The van der Waals surface area contributed by atoms with E-state index in [2.05, 4.69) is 22.0 Å². The molecule has 3 rings (SSSR count). The molecule has 1 N–H and O–H groups in total. The third-order valence-corrected chi connectivity index (χ3v) is 5.65. The SMILES string of the molecule is C[C@H]1CCCCN1C(=O)CN1CCN(CC(=O)NCc2ccccc2)CC1. The van der Waals surface area contributed by atoms with Crippen LogP contribution in [0.1, 0.15) is 31.7 Å². The molecule has 0 aliphatic carbocycles. The van der Waals surface area contributed by atoms with Crippen molar-refractivity contribution in [1.29, 1.82) is 0 Å². The monoisotopic (exact) mass is 372 g/mol. The van der Waals surface area contributed by atoms with Crippen LogP contribution in [0, 0.1) is 0 Å². The summed E-state index contributed by atoms with van der Waals surface area (Å²) in [5.41, 5.74) is 1.11. The maximum absolute atomic E-state index is 12.6. The number of hydrogen-bond acceptors (Lipinski definition) is 4. The van der Waals surface area contributed by atoms with E-state index in [0.29, 0.717) is 25.7 Å². The van der Waals surface area contributed by atoms with Crippen molar-refractivity contribution in [2.45, 2.75) is 38.8 Å². The highest BCUT2D eigenvalue weighted by Gasteiger charge is 2.26. The van der Waals surface area contributed by atoms with Gasteiger partial charge in [0, 0.05) is 45.3 Å². The van der Waals surface area contributed by atoms with Gasteiger partial charge in [0.2, 0.25) is 11.8 Å². The fourth-order valence-electron chi connectivity index (χ4n) is 3.91. The number of amides is 2. The van der Waals surface area contributed by atoms with E-state index in [-0.39, 0.29) is 11.8 Å². The van der Waals surface area contributed by atoms with Crippen molar-refractivity contribution >= 4 is 11.8 Å². The number of nitrogens with one attached hydrogen (secondary N) is 1. The van der Waals surface area contributed by atoms with E-state index >= 15 is 0 Å². The topological polar surface area (TPSA) is 55.9 Å². The van der Waals surface area contributed by atoms with Crippen LogP contribution in [0.3, 0.4) is 0 Å². The lowest BCUT2D eigenvalue weighted by atomic mass is 10.0. The van der Waals surface area contributed by atoms with Crippen LogP contribution in [0.5, 0.6) is 0 Å². The number of benzene rings is 1. The van der Waals surface area contributed by atoms with E-state index in [9.17, 15) is 9.59 Å². The van der Waals surface area contributed by atoms with Crippen molar-refractivity contribution in [3.8, 4) is 0 Å². The Labute approximate surface area is 162 Å². The summed E-state index contributed by atoms with van der Waals surface area (Å²) < 4.78 is 0. The van der Waals surface area contributed by atoms with Crippen LogP contribution in [0.25, 0.3) is 0 Å². The van der Waals surface area contributed by atoms with Gasteiger partial charge in [-0.2, -0.15) is 0 Å². The first-order chi connectivity index (χ1) is 13.1. The van der Waals surface area contributed by atoms with Crippen LogP contribution in [-0.4, -0.2) is 78.4 Å². The van der Waals surface area contributed by atoms with Crippen molar-refractivity contribution in [2.75, 3.05) is 45.8 Å². The predicted molar refractivity (Wildman–Crippen MR) is 106 cm³/mol. The Morgan fingerprint density at radius 3 is 2.30 bits per heavy atom. The molecule has 0 radical (unpaired) electrons. The maximum atomic E-state index is 12.6. The highest BCUT2D eigenvalue weighted by atomic mass is 16.2. The molecule has 6 heteroatoms. The highest BCUT2D eigenvalue weighted by Crippen LogP contribution is 2.17. The molecule has 2 heterocycles. The Morgan fingerprint density at radius 2 is 1.63 bits per heavy atom. The van der Waals surface area contributed by atoms with E-state index < -0.39 is 0 Å². The van der Waals surface area contributed by atoms with Crippen molar-refractivity contribution in [2.24, 2.45) is 0 Å². The smallest absolute Gasteiger partial charge is 0.236 e. The number of hydrogen-bond donors (Lipinski definition) is 1. The Bertz CT molecular complexity index is 614. The normalized spacial score (nSPS) is 21.8. The Hall–Kier alpha value is -1.92. The number of carbonyl (C=O) groups is 2. The van der Waals surface area contributed by atoms with Gasteiger partial charge in [-0.3, -0.25) is 19.4 Å².